The molecule has 146 valence electrons. The molecule has 1 aromatic rings. The van der Waals surface area contributed by atoms with Gasteiger partial charge in [-0.05, 0) is 33.1 Å². The molecule has 9 nitrogen and oxygen atoms in total. The highest BCUT2D eigenvalue weighted by Crippen LogP contribution is 2.36. The lowest BCUT2D eigenvalue weighted by Gasteiger charge is -2.38. The molecule has 0 spiro atoms. The van der Waals surface area contributed by atoms with E-state index in [1.807, 2.05) is 13.8 Å². The summed E-state index contributed by atoms with van der Waals surface area (Å²) in [4.78, 5) is 37.2. The number of piperidine rings is 1. The second-order valence-corrected chi connectivity index (χ2v) is 6.78. The van der Waals surface area contributed by atoms with Gasteiger partial charge < -0.3 is 19.1 Å². The molecule has 2 aliphatic rings. The normalized spacial score (nSPS) is 21.5. The first kappa shape index (κ1) is 18.9. The van der Waals surface area contributed by atoms with E-state index < -0.39 is 23.2 Å². The van der Waals surface area contributed by atoms with E-state index in [1.54, 1.807) is 4.90 Å². The highest BCUT2D eigenvalue weighted by Gasteiger charge is 2.31. The minimum atomic E-state index is -0.940. The Balaban J connectivity index is 1.74. The number of carbonyl (C=O) groups excluding carboxylic acids is 2. The van der Waals surface area contributed by atoms with Crippen LogP contribution in [0.2, 0.25) is 0 Å². The Morgan fingerprint density at radius 2 is 1.78 bits per heavy atom. The average molecular weight is 378 g/mol. The molecule has 0 saturated carbocycles. The fraction of sp³-hybridized carbons (Fsp3) is 0.556. The number of hydrogen-bond acceptors (Lipinski definition) is 7. The molecule has 0 bridgehead atoms. The summed E-state index contributed by atoms with van der Waals surface area (Å²) in [6.45, 7) is 4.01. The van der Waals surface area contributed by atoms with E-state index in [-0.39, 0.29) is 48.3 Å². The average Bonchev–Trinajstić information content (AvgIpc) is 2.64. The van der Waals surface area contributed by atoms with E-state index in [0.29, 0.717) is 0 Å². The Labute approximate surface area is 156 Å². The molecule has 1 fully saturated rings. The summed E-state index contributed by atoms with van der Waals surface area (Å²) in [5.74, 6) is -0.799. The van der Waals surface area contributed by atoms with Gasteiger partial charge in [0.1, 0.15) is 18.8 Å². The maximum absolute atomic E-state index is 12.5. The fourth-order valence-corrected chi connectivity index (χ4v) is 3.59. The molecule has 2 aliphatic heterocycles. The van der Waals surface area contributed by atoms with Crippen LogP contribution in [0.1, 0.15) is 43.5 Å². The maximum Gasteiger partial charge on any atom is 0.345 e. The van der Waals surface area contributed by atoms with Crippen molar-refractivity contribution in [2.45, 2.75) is 45.2 Å². The zero-order valence-electron chi connectivity index (χ0n) is 15.3. The topological polar surface area (TPSA) is 108 Å². The van der Waals surface area contributed by atoms with E-state index >= 15 is 0 Å². The molecular weight excluding hydrogens is 356 g/mol. The number of carbonyl (C=O) groups is 2. The Morgan fingerprint density at radius 3 is 2.37 bits per heavy atom. The summed E-state index contributed by atoms with van der Waals surface area (Å²) in [5.41, 5.74) is -0.715. The number of esters is 1. The monoisotopic (exact) mass is 378 g/mol. The molecule has 2 heterocycles. The third-order valence-electron chi connectivity index (χ3n) is 4.89. The lowest BCUT2D eigenvalue weighted by Crippen LogP contribution is -2.49. The summed E-state index contributed by atoms with van der Waals surface area (Å²) in [6.07, 6.45) is 2.85. The standard InChI is InChI=1S/C18H22N2O7/c1-11-4-3-5-12(2)19(11)17(21)10-27-18(22)13-8-15-16(26-7-6-25-15)9-14(13)20(23)24/h8-9,11-12H,3-7,10H2,1-2H3/t11-,12-/m0/s1. The van der Waals surface area contributed by atoms with Gasteiger partial charge in [-0.25, -0.2) is 4.79 Å². The minimum absolute atomic E-state index is 0.0728. The van der Waals surface area contributed by atoms with Crippen LogP contribution >= 0.6 is 0 Å². The number of nitro benzene ring substituents is 1. The first-order valence-corrected chi connectivity index (χ1v) is 8.94. The molecular formula is C18H22N2O7. The van der Waals surface area contributed by atoms with E-state index in [9.17, 15) is 19.7 Å². The number of ether oxygens (including phenoxy) is 3. The Kier molecular flexibility index (Phi) is 5.48. The van der Waals surface area contributed by atoms with Gasteiger partial charge in [0.15, 0.2) is 18.1 Å². The second kappa shape index (κ2) is 7.81. The van der Waals surface area contributed by atoms with E-state index in [1.165, 1.54) is 6.07 Å². The van der Waals surface area contributed by atoms with E-state index in [4.69, 9.17) is 14.2 Å². The molecule has 0 aromatic heterocycles. The van der Waals surface area contributed by atoms with Crippen LogP contribution in [-0.2, 0) is 9.53 Å². The van der Waals surface area contributed by atoms with Crippen LogP contribution in [0.15, 0.2) is 12.1 Å². The summed E-state index contributed by atoms with van der Waals surface area (Å²) < 4.78 is 15.8. The van der Waals surface area contributed by atoms with Crippen molar-refractivity contribution in [3.8, 4) is 11.5 Å². The zero-order valence-corrected chi connectivity index (χ0v) is 15.3. The number of nitrogens with zero attached hydrogens (tertiary/aromatic N) is 2. The molecule has 1 aromatic carbocycles. The van der Waals surface area contributed by atoms with Gasteiger partial charge in [0, 0.05) is 18.2 Å². The van der Waals surface area contributed by atoms with Crippen molar-refractivity contribution < 1.29 is 28.7 Å². The molecule has 0 aliphatic carbocycles. The third-order valence-corrected chi connectivity index (χ3v) is 4.89. The number of likely N-dealkylation sites (tertiary alicyclic amines) is 1. The highest BCUT2D eigenvalue weighted by atomic mass is 16.6. The molecule has 1 saturated heterocycles. The molecule has 0 N–H and O–H groups in total. The number of benzene rings is 1. The fourth-order valence-electron chi connectivity index (χ4n) is 3.59. The summed E-state index contributed by atoms with van der Waals surface area (Å²) in [7, 11) is 0. The van der Waals surface area contributed by atoms with Crippen molar-refractivity contribution in [1.82, 2.24) is 4.90 Å². The lowest BCUT2D eigenvalue weighted by molar-refractivity contribution is -0.385. The number of hydrogen-bond donors (Lipinski definition) is 0. The van der Waals surface area contributed by atoms with E-state index in [0.717, 1.165) is 25.3 Å². The smallest absolute Gasteiger partial charge is 0.345 e. The van der Waals surface area contributed by atoms with Crippen molar-refractivity contribution >= 4 is 17.6 Å². The first-order valence-electron chi connectivity index (χ1n) is 8.94. The van der Waals surface area contributed by atoms with Crippen LogP contribution in [-0.4, -0.2) is 53.6 Å². The van der Waals surface area contributed by atoms with Gasteiger partial charge in [0.25, 0.3) is 11.6 Å². The van der Waals surface area contributed by atoms with Gasteiger partial charge in [-0.3, -0.25) is 14.9 Å². The molecule has 9 heteroatoms. The second-order valence-electron chi connectivity index (χ2n) is 6.78. The van der Waals surface area contributed by atoms with Crippen molar-refractivity contribution in [2.24, 2.45) is 0 Å². The third kappa shape index (κ3) is 3.96. The van der Waals surface area contributed by atoms with Crippen LogP contribution in [0.5, 0.6) is 11.5 Å². The van der Waals surface area contributed by atoms with Gasteiger partial charge in [-0.1, -0.05) is 0 Å². The van der Waals surface area contributed by atoms with Crippen LogP contribution in [0, 0.1) is 10.1 Å². The van der Waals surface area contributed by atoms with Crippen molar-refractivity contribution in [3.63, 3.8) is 0 Å². The summed E-state index contributed by atoms with van der Waals surface area (Å²) >= 11 is 0. The minimum Gasteiger partial charge on any atom is -0.486 e. The largest absolute Gasteiger partial charge is 0.486 e. The van der Waals surface area contributed by atoms with Gasteiger partial charge >= 0.3 is 5.97 Å². The lowest BCUT2D eigenvalue weighted by atomic mass is 9.97. The van der Waals surface area contributed by atoms with Crippen molar-refractivity contribution in [1.29, 1.82) is 0 Å². The molecule has 1 amide bonds. The van der Waals surface area contributed by atoms with Crippen LogP contribution in [0.3, 0.4) is 0 Å². The Morgan fingerprint density at radius 1 is 1.19 bits per heavy atom. The van der Waals surface area contributed by atoms with Gasteiger partial charge in [-0.2, -0.15) is 0 Å². The number of rotatable bonds is 4. The summed E-state index contributed by atoms with van der Waals surface area (Å²) in [5, 5.41) is 11.3. The van der Waals surface area contributed by atoms with Gasteiger partial charge in [0.05, 0.1) is 11.0 Å². The number of nitro groups is 1. The molecule has 3 rings (SSSR count). The number of fused-ring (bicyclic) bond motifs is 1. The Bertz CT molecular complexity index is 754. The highest BCUT2D eigenvalue weighted by molar-refractivity contribution is 5.96. The zero-order chi connectivity index (χ0) is 19.6. The van der Waals surface area contributed by atoms with Gasteiger partial charge in [0.2, 0.25) is 0 Å². The maximum atomic E-state index is 12.5. The van der Waals surface area contributed by atoms with Crippen LogP contribution < -0.4 is 9.47 Å². The molecule has 0 radical (unpaired) electrons. The first-order chi connectivity index (χ1) is 12.9. The van der Waals surface area contributed by atoms with E-state index in [2.05, 4.69) is 0 Å². The molecule has 0 unspecified atom stereocenters. The van der Waals surface area contributed by atoms with Gasteiger partial charge in [-0.15, -0.1) is 0 Å². The Hall–Kier alpha value is -2.84. The molecule has 2 atom stereocenters. The van der Waals surface area contributed by atoms with Crippen LogP contribution in [0.4, 0.5) is 5.69 Å². The summed E-state index contributed by atoms with van der Waals surface area (Å²) in [6, 6.07) is 2.51. The van der Waals surface area contributed by atoms with Crippen molar-refractivity contribution in [2.75, 3.05) is 19.8 Å². The quantitative estimate of drug-likeness (QED) is 0.449. The molecule has 27 heavy (non-hydrogen) atoms. The van der Waals surface area contributed by atoms with Crippen molar-refractivity contribution in [3.05, 3.63) is 27.8 Å². The predicted octanol–water partition coefficient (Wildman–Crippen LogP) is 2.31. The van der Waals surface area contributed by atoms with Crippen LogP contribution in [0.25, 0.3) is 0 Å². The predicted molar refractivity (Wildman–Crippen MR) is 94.0 cm³/mol. The number of amides is 1. The SMILES string of the molecule is C[C@H]1CCC[C@H](C)N1C(=O)COC(=O)c1cc2c(cc1[N+](=O)[O-])OCCO2.